The maximum atomic E-state index is 11.7. The third-order valence-electron chi connectivity index (χ3n) is 2.95. The highest BCUT2D eigenvalue weighted by Crippen LogP contribution is 2.43. The number of hydrogen-bond donors (Lipinski definition) is 1. The average molecular weight is 251 g/mol. The van der Waals surface area contributed by atoms with E-state index in [1.165, 1.54) is 7.11 Å². The molecule has 0 saturated heterocycles. The van der Waals surface area contributed by atoms with Crippen LogP contribution < -0.4 is 5.73 Å². The SMILES string of the molecule is COC(=O)C(Sc1cc(N)ccc1C)C1CC1. The molecule has 0 aromatic heterocycles. The predicted octanol–water partition coefficient (Wildman–Crippen LogP) is 2.62. The average Bonchev–Trinajstić information content (AvgIpc) is 3.13. The number of nitrogen functional groups attached to an aromatic ring is 1. The van der Waals surface area contributed by atoms with Crippen molar-refractivity contribution in [2.24, 2.45) is 5.92 Å². The number of carbonyl (C=O) groups excluding carboxylic acids is 1. The zero-order chi connectivity index (χ0) is 12.4. The second kappa shape index (κ2) is 5.00. The van der Waals surface area contributed by atoms with E-state index in [4.69, 9.17) is 10.5 Å². The second-order valence-corrected chi connectivity index (χ2v) is 5.61. The zero-order valence-corrected chi connectivity index (χ0v) is 10.9. The van der Waals surface area contributed by atoms with Gasteiger partial charge in [0, 0.05) is 10.6 Å². The number of nitrogens with two attached hydrogens (primary N) is 1. The number of aryl methyl sites for hydroxylation is 1. The van der Waals surface area contributed by atoms with E-state index in [2.05, 4.69) is 0 Å². The van der Waals surface area contributed by atoms with Gasteiger partial charge in [0.1, 0.15) is 5.25 Å². The normalized spacial score (nSPS) is 16.6. The number of ether oxygens (including phenoxy) is 1. The van der Waals surface area contributed by atoms with E-state index >= 15 is 0 Å². The van der Waals surface area contributed by atoms with Crippen LogP contribution in [0.15, 0.2) is 23.1 Å². The summed E-state index contributed by atoms with van der Waals surface area (Å²) in [7, 11) is 1.45. The molecule has 1 aliphatic carbocycles. The monoisotopic (exact) mass is 251 g/mol. The van der Waals surface area contributed by atoms with Gasteiger partial charge in [-0.25, -0.2) is 0 Å². The Balaban J connectivity index is 2.16. The molecule has 4 heteroatoms. The number of benzene rings is 1. The van der Waals surface area contributed by atoms with Crippen molar-refractivity contribution in [2.75, 3.05) is 12.8 Å². The summed E-state index contributed by atoms with van der Waals surface area (Å²) in [5.74, 6) is 0.340. The van der Waals surface area contributed by atoms with Crippen LogP contribution in [-0.4, -0.2) is 18.3 Å². The molecule has 1 saturated carbocycles. The summed E-state index contributed by atoms with van der Waals surface area (Å²) in [5.41, 5.74) is 7.66. The lowest BCUT2D eigenvalue weighted by molar-refractivity contribution is -0.140. The van der Waals surface area contributed by atoms with Gasteiger partial charge in [0.2, 0.25) is 0 Å². The van der Waals surface area contributed by atoms with Crippen LogP contribution in [0.25, 0.3) is 0 Å². The molecule has 0 bridgehead atoms. The molecule has 2 N–H and O–H groups in total. The van der Waals surface area contributed by atoms with Crippen molar-refractivity contribution in [1.29, 1.82) is 0 Å². The fourth-order valence-corrected chi connectivity index (χ4v) is 3.12. The van der Waals surface area contributed by atoms with Gasteiger partial charge in [0.05, 0.1) is 7.11 Å². The molecule has 0 heterocycles. The van der Waals surface area contributed by atoms with Gasteiger partial charge in [-0.2, -0.15) is 0 Å². The highest BCUT2D eigenvalue weighted by Gasteiger charge is 2.37. The van der Waals surface area contributed by atoms with Gasteiger partial charge in [-0.05, 0) is 43.4 Å². The summed E-state index contributed by atoms with van der Waals surface area (Å²) in [4.78, 5) is 12.8. The fourth-order valence-electron chi connectivity index (χ4n) is 1.73. The van der Waals surface area contributed by atoms with Gasteiger partial charge in [-0.1, -0.05) is 6.07 Å². The largest absolute Gasteiger partial charge is 0.468 e. The number of carbonyl (C=O) groups is 1. The Hall–Kier alpha value is -1.16. The van der Waals surface area contributed by atoms with Crippen LogP contribution in [0.2, 0.25) is 0 Å². The van der Waals surface area contributed by atoms with Crippen LogP contribution in [0.4, 0.5) is 5.69 Å². The van der Waals surface area contributed by atoms with Gasteiger partial charge in [0.25, 0.3) is 0 Å². The fraction of sp³-hybridized carbons (Fsp3) is 0.462. The summed E-state index contributed by atoms with van der Waals surface area (Å²) in [5, 5.41) is -0.0829. The van der Waals surface area contributed by atoms with E-state index in [1.54, 1.807) is 11.8 Å². The molecule has 0 radical (unpaired) electrons. The van der Waals surface area contributed by atoms with Crippen LogP contribution >= 0.6 is 11.8 Å². The van der Waals surface area contributed by atoms with Crippen LogP contribution in [0, 0.1) is 12.8 Å². The van der Waals surface area contributed by atoms with Crippen LogP contribution in [0.1, 0.15) is 18.4 Å². The second-order valence-electron chi connectivity index (χ2n) is 4.42. The van der Waals surface area contributed by atoms with E-state index < -0.39 is 0 Å². The summed E-state index contributed by atoms with van der Waals surface area (Å²) in [6, 6.07) is 5.79. The van der Waals surface area contributed by atoms with E-state index in [0.717, 1.165) is 29.0 Å². The number of anilines is 1. The lowest BCUT2D eigenvalue weighted by Crippen LogP contribution is -2.21. The summed E-state index contributed by atoms with van der Waals surface area (Å²) >= 11 is 1.58. The molecule has 1 unspecified atom stereocenters. The van der Waals surface area contributed by atoms with Crippen molar-refractivity contribution in [3.05, 3.63) is 23.8 Å². The smallest absolute Gasteiger partial charge is 0.319 e. The molecule has 0 spiro atoms. The van der Waals surface area contributed by atoms with E-state index in [9.17, 15) is 4.79 Å². The molecule has 1 aliphatic rings. The quantitative estimate of drug-likeness (QED) is 0.508. The Bertz CT molecular complexity index is 429. The molecule has 1 fully saturated rings. The number of thioether (sulfide) groups is 1. The summed E-state index contributed by atoms with van der Waals surface area (Å²) < 4.78 is 4.86. The minimum atomic E-state index is -0.126. The third kappa shape index (κ3) is 2.94. The van der Waals surface area contributed by atoms with E-state index in [0.29, 0.717) is 5.92 Å². The van der Waals surface area contributed by atoms with Crippen molar-refractivity contribution < 1.29 is 9.53 Å². The molecule has 92 valence electrons. The topological polar surface area (TPSA) is 52.3 Å². The molecule has 3 nitrogen and oxygen atoms in total. The Morgan fingerprint density at radius 3 is 2.82 bits per heavy atom. The van der Waals surface area contributed by atoms with Crippen molar-refractivity contribution >= 4 is 23.4 Å². The minimum Gasteiger partial charge on any atom is -0.468 e. The van der Waals surface area contributed by atoms with Gasteiger partial charge in [0.15, 0.2) is 0 Å². The van der Waals surface area contributed by atoms with E-state index in [-0.39, 0.29) is 11.2 Å². The Kier molecular flexibility index (Phi) is 3.62. The highest BCUT2D eigenvalue weighted by atomic mass is 32.2. The molecule has 1 atom stereocenters. The Morgan fingerprint density at radius 1 is 1.53 bits per heavy atom. The van der Waals surface area contributed by atoms with Gasteiger partial charge in [-0.15, -0.1) is 11.8 Å². The standard InChI is InChI=1S/C13H17NO2S/c1-8-3-6-10(14)7-11(8)17-12(9-4-5-9)13(15)16-2/h3,6-7,9,12H,4-5,14H2,1-2H3. The molecular formula is C13H17NO2S. The summed E-state index contributed by atoms with van der Waals surface area (Å²) in [6.07, 6.45) is 2.24. The first kappa shape index (κ1) is 12.3. The zero-order valence-electron chi connectivity index (χ0n) is 10.1. The van der Waals surface area contributed by atoms with Crippen molar-refractivity contribution in [1.82, 2.24) is 0 Å². The van der Waals surface area contributed by atoms with Crippen molar-refractivity contribution in [3.8, 4) is 0 Å². The Morgan fingerprint density at radius 2 is 2.24 bits per heavy atom. The van der Waals surface area contributed by atoms with Crippen LogP contribution in [0.3, 0.4) is 0 Å². The first-order chi connectivity index (χ1) is 8.11. The predicted molar refractivity (Wildman–Crippen MR) is 70.0 cm³/mol. The van der Waals surface area contributed by atoms with Gasteiger partial charge >= 0.3 is 5.97 Å². The molecule has 0 aliphatic heterocycles. The van der Waals surface area contributed by atoms with Crippen LogP contribution in [-0.2, 0) is 9.53 Å². The molecule has 1 aromatic rings. The van der Waals surface area contributed by atoms with Gasteiger partial charge < -0.3 is 10.5 Å². The minimum absolute atomic E-state index is 0.0829. The first-order valence-electron chi connectivity index (χ1n) is 5.72. The molecule has 1 aromatic carbocycles. The third-order valence-corrected chi connectivity index (χ3v) is 4.47. The lowest BCUT2D eigenvalue weighted by Gasteiger charge is -2.15. The maximum Gasteiger partial charge on any atom is 0.319 e. The van der Waals surface area contributed by atoms with E-state index in [1.807, 2.05) is 25.1 Å². The number of hydrogen-bond acceptors (Lipinski definition) is 4. The molecule has 0 amide bonds. The molecular weight excluding hydrogens is 234 g/mol. The van der Waals surface area contributed by atoms with Crippen LogP contribution in [0.5, 0.6) is 0 Å². The Labute approximate surface area is 106 Å². The first-order valence-corrected chi connectivity index (χ1v) is 6.60. The van der Waals surface area contributed by atoms with Gasteiger partial charge in [-0.3, -0.25) is 4.79 Å². The molecule has 2 rings (SSSR count). The maximum absolute atomic E-state index is 11.7. The number of rotatable bonds is 4. The highest BCUT2D eigenvalue weighted by molar-refractivity contribution is 8.00. The van der Waals surface area contributed by atoms with Crippen molar-refractivity contribution in [3.63, 3.8) is 0 Å². The summed E-state index contributed by atoms with van der Waals surface area (Å²) in [6.45, 7) is 2.03. The van der Waals surface area contributed by atoms with Crippen molar-refractivity contribution in [2.45, 2.75) is 29.9 Å². The molecule has 17 heavy (non-hydrogen) atoms. The number of methoxy groups -OCH3 is 1. The number of esters is 1. The lowest BCUT2D eigenvalue weighted by atomic mass is 10.2.